The topological polar surface area (TPSA) is 74.1 Å². The molecule has 0 aliphatic carbocycles. The second kappa shape index (κ2) is 10.2. The molecule has 2 heterocycles. The van der Waals surface area contributed by atoms with Crippen LogP contribution < -0.4 is 5.32 Å². The standard InChI is InChI=1S/C27H22ClFN4O2S/c1-16-5-7-18(8-6-16)23-14-22(17-9-11-20(29)12-10-17)32-33(23)27-31-26(35)24(36-27)15-25(34)30-21-4-2-3-19(28)13-21/h2-13,23-24H,14-15H2,1H3,(H,30,34). The Labute approximate surface area is 217 Å². The Morgan fingerprint density at radius 2 is 1.89 bits per heavy atom. The van der Waals surface area contributed by atoms with E-state index in [-0.39, 0.29) is 30.1 Å². The van der Waals surface area contributed by atoms with Crippen molar-refractivity contribution in [2.45, 2.75) is 31.1 Å². The van der Waals surface area contributed by atoms with E-state index in [4.69, 9.17) is 16.7 Å². The molecular weight excluding hydrogens is 499 g/mol. The van der Waals surface area contributed by atoms with E-state index < -0.39 is 5.25 Å². The molecule has 0 saturated carbocycles. The quantitative estimate of drug-likeness (QED) is 0.450. The van der Waals surface area contributed by atoms with Gasteiger partial charge >= 0.3 is 0 Å². The number of anilines is 1. The van der Waals surface area contributed by atoms with Crippen molar-refractivity contribution >= 4 is 51.7 Å². The highest BCUT2D eigenvalue weighted by atomic mass is 35.5. The van der Waals surface area contributed by atoms with Crippen molar-refractivity contribution in [3.8, 4) is 0 Å². The molecule has 5 rings (SSSR count). The maximum Gasteiger partial charge on any atom is 0.262 e. The normalized spacial score (nSPS) is 19.3. The molecule has 0 fully saturated rings. The molecule has 0 saturated heterocycles. The van der Waals surface area contributed by atoms with Gasteiger partial charge in [-0.05, 0) is 48.4 Å². The summed E-state index contributed by atoms with van der Waals surface area (Å²) in [5, 5.41) is 9.62. The van der Waals surface area contributed by atoms with Gasteiger partial charge in [-0.1, -0.05) is 71.4 Å². The van der Waals surface area contributed by atoms with Crippen LogP contribution in [0.15, 0.2) is 82.9 Å². The number of nitrogens with one attached hydrogen (secondary N) is 1. The number of aliphatic imine (C=N–C) groups is 1. The first-order chi connectivity index (χ1) is 17.4. The van der Waals surface area contributed by atoms with Gasteiger partial charge in [-0.15, -0.1) is 0 Å². The van der Waals surface area contributed by atoms with Gasteiger partial charge in [0.15, 0.2) is 5.17 Å². The number of hydrogen-bond donors (Lipinski definition) is 1. The monoisotopic (exact) mass is 520 g/mol. The van der Waals surface area contributed by atoms with Crippen molar-refractivity contribution in [1.29, 1.82) is 0 Å². The molecular formula is C27H22ClFN4O2S. The number of amidine groups is 1. The average Bonchev–Trinajstić information content (AvgIpc) is 3.44. The summed E-state index contributed by atoms with van der Waals surface area (Å²) in [6.07, 6.45) is 0.545. The molecule has 0 aromatic heterocycles. The van der Waals surface area contributed by atoms with Crippen LogP contribution in [0.4, 0.5) is 10.1 Å². The summed E-state index contributed by atoms with van der Waals surface area (Å²) in [6, 6.07) is 21.0. The molecule has 6 nitrogen and oxygen atoms in total. The van der Waals surface area contributed by atoms with Crippen LogP contribution in [-0.2, 0) is 9.59 Å². The molecule has 2 unspecified atom stereocenters. The molecule has 36 heavy (non-hydrogen) atoms. The third-order valence-electron chi connectivity index (χ3n) is 5.95. The number of benzene rings is 3. The number of halogens is 2. The van der Waals surface area contributed by atoms with Crippen LogP contribution in [0.3, 0.4) is 0 Å². The summed E-state index contributed by atoms with van der Waals surface area (Å²) in [5.74, 6) is -0.986. The number of carbonyl (C=O) groups excluding carboxylic acids is 2. The molecule has 2 amide bonds. The van der Waals surface area contributed by atoms with Crippen LogP contribution in [0.2, 0.25) is 5.02 Å². The van der Waals surface area contributed by atoms with Crippen molar-refractivity contribution in [3.05, 3.63) is 100 Å². The number of hydrogen-bond acceptors (Lipinski definition) is 5. The molecule has 3 aromatic rings. The van der Waals surface area contributed by atoms with Gasteiger partial charge < -0.3 is 5.32 Å². The summed E-state index contributed by atoms with van der Waals surface area (Å²) in [5.41, 5.74) is 4.31. The second-order valence-electron chi connectivity index (χ2n) is 8.63. The van der Waals surface area contributed by atoms with Crippen LogP contribution in [0.25, 0.3) is 0 Å². The van der Waals surface area contributed by atoms with Gasteiger partial charge in [0, 0.05) is 23.6 Å². The highest BCUT2D eigenvalue weighted by Gasteiger charge is 2.39. The predicted octanol–water partition coefficient (Wildman–Crippen LogP) is 5.97. The van der Waals surface area contributed by atoms with Crippen LogP contribution in [-0.4, -0.2) is 33.0 Å². The summed E-state index contributed by atoms with van der Waals surface area (Å²) in [4.78, 5) is 29.6. The van der Waals surface area contributed by atoms with E-state index in [1.807, 2.05) is 31.2 Å². The zero-order valence-corrected chi connectivity index (χ0v) is 20.9. The Hall–Kier alpha value is -3.49. The fourth-order valence-corrected chi connectivity index (χ4v) is 5.35. The minimum absolute atomic E-state index is 0.0272. The van der Waals surface area contributed by atoms with Gasteiger partial charge in [0.25, 0.3) is 5.91 Å². The fourth-order valence-electron chi connectivity index (χ4n) is 4.10. The summed E-state index contributed by atoms with van der Waals surface area (Å²) in [6.45, 7) is 2.02. The van der Waals surface area contributed by atoms with E-state index in [0.717, 1.165) is 22.4 Å². The van der Waals surface area contributed by atoms with E-state index in [1.54, 1.807) is 41.4 Å². The second-order valence-corrected chi connectivity index (χ2v) is 10.2. The van der Waals surface area contributed by atoms with Gasteiger partial charge in [0.2, 0.25) is 5.91 Å². The molecule has 0 spiro atoms. The average molecular weight is 521 g/mol. The maximum absolute atomic E-state index is 13.5. The van der Waals surface area contributed by atoms with Crippen molar-refractivity contribution in [2.75, 3.05) is 5.32 Å². The number of aryl methyl sites for hydroxylation is 1. The number of carbonyl (C=O) groups is 2. The zero-order chi connectivity index (χ0) is 25.2. The number of rotatable bonds is 5. The van der Waals surface area contributed by atoms with Crippen molar-refractivity contribution in [2.24, 2.45) is 10.1 Å². The Bertz CT molecular complexity index is 1380. The van der Waals surface area contributed by atoms with Gasteiger partial charge in [-0.2, -0.15) is 10.1 Å². The van der Waals surface area contributed by atoms with Gasteiger partial charge in [0.1, 0.15) is 11.1 Å². The van der Waals surface area contributed by atoms with E-state index >= 15 is 0 Å². The molecule has 1 N–H and O–H groups in total. The van der Waals surface area contributed by atoms with E-state index in [0.29, 0.717) is 22.3 Å². The van der Waals surface area contributed by atoms with Crippen LogP contribution >= 0.6 is 23.4 Å². The largest absolute Gasteiger partial charge is 0.326 e. The molecule has 3 aromatic carbocycles. The Kier molecular flexibility index (Phi) is 6.89. The van der Waals surface area contributed by atoms with Crippen LogP contribution in [0.5, 0.6) is 0 Å². The number of hydrazone groups is 1. The Morgan fingerprint density at radius 3 is 2.61 bits per heavy atom. The smallest absolute Gasteiger partial charge is 0.262 e. The molecule has 182 valence electrons. The highest BCUT2D eigenvalue weighted by molar-refractivity contribution is 8.15. The Balaban J connectivity index is 1.35. The first-order valence-electron chi connectivity index (χ1n) is 11.4. The molecule has 9 heteroatoms. The van der Waals surface area contributed by atoms with Crippen LogP contribution in [0.1, 0.15) is 35.6 Å². The molecule has 2 aliphatic heterocycles. The van der Waals surface area contributed by atoms with Crippen molar-refractivity contribution < 1.29 is 14.0 Å². The minimum atomic E-state index is -0.650. The highest BCUT2D eigenvalue weighted by Crippen LogP contribution is 2.38. The third kappa shape index (κ3) is 5.34. The van der Waals surface area contributed by atoms with E-state index in [9.17, 15) is 14.0 Å². The van der Waals surface area contributed by atoms with Gasteiger partial charge in [0.05, 0.1) is 11.8 Å². The van der Waals surface area contributed by atoms with Crippen LogP contribution in [0, 0.1) is 12.7 Å². The number of amides is 2. The van der Waals surface area contributed by atoms with Gasteiger partial charge in [-0.3, -0.25) is 9.59 Å². The number of thioether (sulfide) groups is 1. The third-order valence-corrected chi connectivity index (χ3v) is 7.33. The lowest BCUT2D eigenvalue weighted by atomic mass is 9.98. The van der Waals surface area contributed by atoms with Crippen molar-refractivity contribution in [3.63, 3.8) is 0 Å². The predicted molar refractivity (Wildman–Crippen MR) is 142 cm³/mol. The minimum Gasteiger partial charge on any atom is -0.326 e. The summed E-state index contributed by atoms with van der Waals surface area (Å²) >= 11 is 7.22. The number of nitrogens with zero attached hydrogens (tertiary/aromatic N) is 3. The zero-order valence-electron chi connectivity index (χ0n) is 19.3. The lowest BCUT2D eigenvalue weighted by Crippen LogP contribution is -2.25. The molecule has 2 aliphatic rings. The van der Waals surface area contributed by atoms with E-state index in [1.165, 1.54) is 23.9 Å². The Morgan fingerprint density at radius 1 is 1.14 bits per heavy atom. The first-order valence-corrected chi connectivity index (χ1v) is 12.7. The fraction of sp³-hybridized carbons (Fsp3) is 0.185. The molecule has 0 radical (unpaired) electrons. The van der Waals surface area contributed by atoms with Crippen molar-refractivity contribution in [1.82, 2.24) is 5.01 Å². The lowest BCUT2D eigenvalue weighted by molar-refractivity contribution is -0.121. The van der Waals surface area contributed by atoms with E-state index in [2.05, 4.69) is 10.3 Å². The SMILES string of the molecule is Cc1ccc(C2CC(c3ccc(F)cc3)=NN2C2=NC(=O)C(CC(=O)Nc3cccc(Cl)c3)S2)cc1. The summed E-state index contributed by atoms with van der Waals surface area (Å²) in [7, 11) is 0. The first kappa shape index (κ1) is 24.2. The molecule has 0 bridgehead atoms. The lowest BCUT2D eigenvalue weighted by Gasteiger charge is -2.23. The van der Waals surface area contributed by atoms with Gasteiger partial charge in [-0.25, -0.2) is 9.40 Å². The summed E-state index contributed by atoms with van der Waals surface area (Å²) < 4.78 is 13.5. The molecule has 2 atom stereocenters. The maximum atomic E-state index is 13.5.